The van der Waals surface area contributed by atoms with E-state index in [2.05, 4.69) is 0 Å². The second-order valence-electron chi connectivity index (χ2n) is 16.1. The van der Waals surface area contributed by atoms with E-state index in [0.717, 1.165) is 14.8 Å². The van der Waals surface area contributed by atoms with E-state index in [-0.39, 0.29) is 6.26 Å². The zero-order chi connectivity index (χ0) is 52.5. The fourth-order valence-electron chi connectivity index (χ4n) is 9.57. The highest BCUT2D eigenvalue weighted by Crippen LogP contribution is 2.69. The molecule has 9 aromatic rings. The van der Waals surface area contributed by atoms with E-state index >= 15 is 0 Å². The van der Waals surface area contributed by atoms with Crippen molar-refractivity contribution in [3.8, 4) is 160 Å². The normalized spacial score (nSPS) is 12.7. The Morgan fingerprint density at radius 2 is 0.535 bits per heavy atom. The van der Waals surface area contributed by atoms with Crippen molar-refractivity contribution in [3.63, 3.8) is 0 Å². The third kappa shape index (κ3) is 5.11. The van der Waals surface area contributed by atoms with Crippen LogP contribution in [0.3, 0.4) is 0 Å². The number of rotatable bonds is 4. The van der Waals surface area contributed by atoms with Gasteiger partial charge in [0.15, 0.2) is 86.3 Å². The van der Waals surface area contributed by atoms with Gasteiger partial charge in [-0.15, -0.1) is 0 Å². The molecule has 0 aliphatic heterocycles. The lowest BCUT2D eigenvalue weighted by Crippen LogP contribution is -2.19. The van der Waals surface area contributed by atoms with Crippen LogP contribution in [0.15, 0.2) is 6.26 Å². The Morgan fingerprint density at radius 3 is 0.930 bits per heavy atom. The molecule has 0 bridgehead atoms. The molecule has 0 aromatic heterocycles. The lowest BCUT2D eigenvalue weighted by atomic mass is 9.78. The molecule has 0 radical (unpaired) electrons. The van der Waals surface area contributed by atoms with Crippen LogP contribution in [0.1, 0.15) is 12.5 Å². The van der Waals surface area contributed by atoms with Gasteiger partial charge < -0.3 is 128 Å². The van der Waals surface area contributed by atoms with Gasteiger partial charge in [-0.1, -0.05) is 0 Å². The van der Waals surface area contributed by atoms with Crippen LogP contribution >= 0.6 is 0 Å². The monoisotopic (exact) mass is 982 g/mol. The summed E-state index contributed by atoms with van der Waals surface area (Å²) in [4.78, 5) is 0. The first-order chi connectivity index (χ1) is 33.1. The summed E-state index contributed by atoms with van der Waals surface area (Å²) in [7, 11) is 1.00. The molecule has 0 aliphatic carbocycles. The van der Waals surface area contributed by atoms with Crippen LogP contribution in [0.5, 0.6) is 126 Å². The third-order valence-corrected chi connectivity index (χ3v) is 12.7. The number of hydrogen-bond donors (Lipinski definition) is 25. The van der Waals surface area contributed by atoms with Gasteiger partial charge in [-0.25, -0.2) is 0 Å². The second kappa shape index (κ2) is 14.2. The van der Waals surface area contributed by atoms with Crippen LogP contribution in [0.25, 0.3) is 98.8 Å². The van der Waals surface area contributed by atoms with Crippen LogP contribution in [-0.4, -0.2) is 136 Å². The van der Waals surface area contributed by atoms with Crippen molar-refractivity contribution >= 4 is 78.7 Å². The predicted molar refractivity (Wildman–Crippen MR) is 246 cm³/mol. The first-order valence-electron chi connectivity index (χ1n) is 19.7. The van der Waals surface area contributed by atoms with E-state index in [1.165, 1.54) is 0 Å². The molecule has 0 heterocycles. The molecule has 0 saturated carbocycles. The molecular weight excluding hydrogens is 951 g/mol. The van der Waals surface area contributed by atoms with Gasteiger partial charge >= 0.3 is 0 Å². The van der Waals surface area contributed by atoms with Crippen molar-refractivity contribution in [1.82, 2.24) is 0 Å². The molecule has 9 rings (SSSR count). The van der Waals surface area contributed by atoms with E-state index < -0.39 is 241 Å². The number of aromatic hydroxyl groups is 22. The van der Waals surface area contributed by atoms with Gasteiger partial charge in [0, 0.05) is 49.0 Å². The van der Waals surface area contributed by atoms with Crippen molar-refractivity contribution in [1.29, 1.82) is 0 Å². The average molecular weight is 983 g/mol. The van der Waals surface area contributed by atoms with Gasteiger partial charge in [-0.3, -0.25) is 0 Å². The van der Waals surface area contributed by atoms with Gasteiger partial charge in [0.2, 0.25) is 23.0 Å². The highest BCUT2D eigenvalue weighted by atomic mass is 16.4. The zero-order valence-corrected chi connectivity index (χ0v) is 35.3. The molecule has 0 saturated heterocycles. The molecule has 25 N–H and O–H groups in total. The number of aliphatic hydroxyl groups is 3. The molecule has 0 aliphatic rings. The van der Waals surface area contributed by atoms with E-state index in [1.54, 1.807) is 0 Å². The van der Waals surface area contributed by atoms with Gasteiger partial charge in [-0.2, -0.15) is 0 Å². The summed E-state index contributed by atoms with van der Waals surface area (Å²) in [6.07, 6.45) is 0.0698. The Morgan fingerprint density at radius 1 is 0.282 bits per heavy atom. The zero-order valence-electron chi connectivity index (χ0n) is 35.3. The SMILES string of the molecule is Bc1c(O)c2c(-c3c(O)c(-c4c(O)c(O)c(O)c(O)c4O)c(O)c(-c4c(O)c(O)c5c(O)c(O)c6c(O)c(O)c(O)c7c(O)c(O)c4c5c67)c3O)c(O)c(O)c3c(O)c(O)/c(=C(/C)O)c(c1/C(O)=C/O)c32. The highest BCUT2D eigenvalue weighted by Gasteiger charge is 2.41. The van der Waals surface area contributed by atoms with Crippen molar-refractivity contribution < 1.29 is 128 Å². The Bertz CT molecular complexity index is 4060. The molecule has 0 atom stereocenters. The molecule has 0 spiro atoms. The van der Waals surface area contributed by atoms with E-state index in [9.17, 15) is 128 Å². The van der Waals surface area contributed by atoms with Crippen LogP contribution < -0.4 is 10.7 Å². The largest absolute Gasteiger partial charge is 0.512 e. The minimum atomic E-state index is -1.82. The summed E-state index contributed by atoms with van der Waals surface area (Å²) in [6.45, 7) is 0.929. The number of aliphatic hydroxyl groups excluding tert-OH is 3. The Labute approximate surface area is 389 Å². The maximum Gasteiger partial charge on any atom is 0.208 e. The molecular formula is C45H31BO25. The number of hydrogen-bond acceptors (Lipinski definition) is 25. The summed E-state index contributed by atoms with van der Waals surface area (Å²) < 4.78 is 0. The Balaban J connectivity index is 1.66. The van der Waals surface area contributed by atoms with Crippen molar-refractivity contribution in [2.24, 2.45) is 0 Å². The topological polar surface area (TPSA) is 506 Å². The highest BCUT2D eigenvalue weighted by molar-refractivity contribution is 6.43. The molecule has 71 heavy (non-hydrogen) atoms. The number of benzene rings is 9. The fraction of sp³-hybridized carbons (Fsp3) is 0.0222. The maximum absolute atomic E-state index is 12.6. The van der Waals surface area contributed by atoms with Crippen LogP contribution in [-0.2, 0) is 0 Å². The maximum atomic E-state index is 12.6. The van der Waals surface area contributed by atoms with Crippen LogP contribution in [0.2, 0.25) is 0 Å². The van der Waals surface area contributed by atoms with Crippen molar-refractivity contribution in [2.45, 2.75) is 6.92 Å². The van der Waals surface area contributed by atoms with Gasteiger partial charge in [0.1, 0.15) is 42.9 Å². The summed E-state index contributed by atoms with van der Waals surface area (Å²) in [5.41, 5.74) is -10.2. The Kier molecular flexibility index (Phi) is 9.09. The molecule has 0 unspecified atom stereocenters. The third-order valence-electron chi connectivity index (χ3n) is 12.7. The summed E-state index contributed by atoms with van der Waals surface area (Å²) in [6, 6.07) is 0. The molecule has 25 nitrogen and oxygen atoms in total. The lowest BCUT2D eigenvalue weighted by molar-refractivity contribution is 0.329. The summed E-state index contributed by atoms with van der Waals surface area (Å²) in [5, 5.41) is 273. The van der Waals surface area contributed by atoms with E-state index in [0.29, 0.717) is 0 Å². The first kappa shape index (κ1) is 45.5. The van der Waals surface area contributed by atoms with Crippen LogP contribution in [0, 0.1) is 0 Å². The van der Waals surface area contributed by atoms with Gasteiger partial charge in [-0.05, 0) is 12.4 Å². The molecule has 9 aromatic carbocycles. The number of phenols is 22. The summed E-state index contributed by atoms with van der Waals surface area (Å²) >= 11 is 0. The second-order valence-corrected chi connectivity index (χ2v) is 16.1. The smallest absolute Gasteiger partial charge is 0.208 e. The van der Waals surface area contributed by atoms with Crippen LogP contribution in [0.4, 0.5) is 0 Å². The van der Waals surface area contributed by atoms with E-state index in [1.807, 2.05) is 0 Å². The minimum absolute atomic E-state index is 0.0698. The molecule has 0 fully saturated rings. The Hall–Kier alpha value is -10.7. The molecule has 364 valence electrons. The first-order valence-corrected chi connectivity index (χ1v) is 19.7. The van der Waals surface area contributed by atoms with Gasteiger partial charge in [0.25, 0.3) is 0 Å². The van der Waals surface area contributed by atoms with Crippen molar-refractivity contribution in [3.05, 3.63) is 17.0 Å². The predicted octanol–water partition coefficient (Wildman–Crippen LogP) is 3.49. The molecule has 0 amide bonds. The average Bonchev–Trinajstić information content (AvgIpc) is 3.32. The lowest BCUT2D eigenvalue weighted by Gasteiger charge is -2.26. The van der Waals surface area contributed by atoms with E-state index in [4.69, 9.17) is 0 Å². The summed E-state index contributed by atoms with van der Waals surface area (Å²) in [5.74, 6) is -36.7. The molecule has 26 heteroatoms. The van der Waals surface area contributed by atoms with Gasteiger partial charge in [0.05, 0.1) is 49.0 Å². The van der Waals surface area contributed by atoms with Crippen molar-refractivity contribution in [2.75, 3.05) is 0 Å². The fourth-order valence-corrected chi connectivity index (χ4v) is 9.57. The minimum Gasteiger partial charge on any atom is -0.512 e. The quantitative estimate of drug-likeness (QED) is 0.0394. The standard InChI is InChI=1S/C45H31BO25/c1-3(48)5-7-6(4(49)2-47)23(46)27(53)11-8(7)15(32(58)28(5)54)33(59)30(56)13(11)19-24(50)20(26(52)21(25(19)51)22-40(66)43(69)45(71)44(70)41(22)67)14-12-9-10-17(35(61)29(12)55)38(64)42(68)39(65)18(10)37(63)36(62)16(9)34(60)31(14)57/h2,47-71H,46H2,1H3/b4-2-,5-3-. The number of phenolic OH excluding ortho intramolecular Hbond substituents is 22.